The highest BCUT2D eigenvalue weighted by molar-refractivity contribution is 7.15. The Morgan fingerprint density at radius 2 is 2.25 bits per heavy atom. The molecule has 7 heteroatoms. The molecule has 0 saturated carbocycles. The average molecular weight is 343 g/mol. The van der Waals surface area contributed by atoms with Crippen LogP contribution < -0.4 is 5.56 Å². The minimum absolute atomic E-state index is 0.0206. The van der Waals surface area contributed by atoms with Crippen LogP contribution in [-0.4, -0.2) is 36.7 Å². The summed E-state index contributed by atoms with van der Waals surface area (Å²) in [5.41, 5.74) is 3.03. The molecule has 126 valence electrons. The number of hydrogen-bond donors (Lipinski definition) is 0. The fourth-order valence-corrected chi connectivity index (χ4v) is 4.37. The van der Waals surface area contributed by atoms with E-state index in [1.54, 1.807) is 10.5 Å². The molecular weight excluding hydrogens is 322 g/mol. The van der Waals surface area contributed by atoms with E-state index >= 15 is 0 Å². The highest BCUT2D eigenvalue weighted by Crippen LogP contribution is 2.21. The number of fused-ring (bicyclic) bond motifs is 1. The van der Waals surface area contributed by atoms with Gasteiger partial charge in [-0.15, -0.1) is 11.3 Å². The largest absolute Gasteiger partial charge is 0.293 e. The van der Waals surface area contributed by atoms with Crippen molar-refractivity contribution in [2.75, 3.05) is 6.54 Å². The maximum atomic E-state index is 12.3. The summed E-state index contributed by atoms with van der Waals surface area (Å²) in [4.78, 5) is 20.2. The van der Waals surface area contributed by atoms with Crippen molar-refractivity contribution in [3.8, 4) is 0 Å². The summed E-state index contributed by atoms with van der Waals surface area (Å²) in [5, 5.41) is 6.38. The molecule has 1 fully saturated rings. The van der Waals surface area contributed by atoms with Gasteiger partial charge in [0.25, 0.3) is 5.56 Å². The lowest BCUT2D eigenvalue weighted by Crippen LogP contribution is -2.33. The Kier molecular flexibility index (Phi) is 3.97. The highest BCUT2D eigenvalue weighted by atomic mass is 32.1. The van der Waals surface area contributed by atoms with E-state index in [1.807, 2.05) is 23.2 Å². The second-order valence-electron chi connectivity index (χ2n) is 6.59. The van der Waals surface area contributed by atoms with E-state index in [4.69, 9.17) is 0 Å². The first-order chi connectivity index (χ1) is 11.6. The van der Waals surface area contributed by atoms with Gasteiger partial charge in [0, 0.05) is 35.9 Å². The molecular formula is C17H21N5OS. The molecule has 1 saturated heterocycles. The quantitative estimate of drug-likeness (QED) is 0.729. The van der Waals surface area contributed by atoms with E-state index < -0.39 is 0 Å². The van der Waals surface area contributed by atoms with E-state index in [0.29, 0.717) is 6.04 Å². The molecule has 0 bridgehead atoms. The van der Waals surface area contributed by atoms with Crippen molar-refractivity contribution >= 4 is 16.3 Å². The zero-order valence-corrected chi connectivity index (χ0v) is 14.8. The van der Waals surface area contributed by atoms with Crippen LogP contribution in [0.5, 0.6) is 0 Å². The van der Waals surface area contributed by atoms with Crippen LogP contribution in [0.15, 0.2) is 28.6 Å². The molecule has 4 rings (SSSR count). The van der Waals surface area contributed by atoms with Gasteiger partial charge in [0.15, 0.2) is 4.96 Å². The Labute approximate surface area is 144 Å². The van der Waals surface area contributed by atoms with Gasteiger partial charge in [-0.2, -0.15) is 5.10 Å². The van der Waals surface area contributed by atoms with E-state index in [9.17, 15) is 4.79 Å². The Balaban J connectivity index is 1.54. The van der Waals surface area contributed by atoms with Gasteiger partial charge in [0.05, 0.1) is 18.4 Å². The first-order valence-electron chi connectivity index (χ1n) is 8.30. The van der Waals surface area contributed by atoms with Crippen LogP contribution in [0.4, 0.5) is 0 Å². The van der Waals surface area contributed by atoms with Crippen LogP contribution >= 0.6 is 11.3 Å². The maximum Gasteiger partial charge on any atom is 0.259 e. The van der Waals surface area contributed by atoms with Gasteiger partial charge in [-0.25, -0.2) is 4.98 Å². The zero-order chi connectivity index (χ0) is 16.7. The number of aryl methyl sites for hydroxylation is 2. The Hall–Kier alpha value is -1.99. The van der Waals surface area contributed by atoms with Crippen LogP contribution in [0.2, 0.25) is 0 Å². The normalized spacial score (nSPS) is 18.7. The molecule has 0 radical (unpaired) electrons. The lowest BCUT2D eigenvalue weighted by atomic mass is 10.2. The predicted molar refractivity (Wildman–Crippen MR) is 94.5 cm³/mol. The molecule has 3 aromatic heterocycles. The number of rotatable bonds is 4. The van der Waals surface area contributed by atoms with Crippen molar-refractivity contribution in [3.63, 3.8) is 0 Å². The Bertz CT molecular complexity index is 925. The summed E-state index contributed by atoms with van der Waals surface area (Å²) < 4.78 is 3.70. The second kappa shape index (κ2) is 6.14. The van der Waals surface area contributed by atoms with E-state index in [1.165, 1.54) is 23.3 Å². The second-order valence-corrected chi connectivity index (χ2v) is 7.42. The third-order valence-corrected chi connectivity index (χ3v) is 5.60. The standard InChI is InChI=1S/C17H21N5OS/c1-12-7-18-21(8-12)10-15-4-3-5-20(15)9-14-6-16(23)22-13(2)11-24-17(22)19-14/h6-8,11,15H,3-5,9-10H2,1-2H3/t15-/m0/s1. The summed E-state index contributed by atoms with van der Waals surface area (Å²) in [6, 6.07) is 2.13. The van der Waals surface area contributed by atoms with Gasteiger partial charge >= 0.3 is 0 Å². The number of likely N-dealkylation sites (tertiary alicyclic amines) is 1. The molecule has 4 heterocycles. The fourth-order valence-electron chi connectivity index (χ4n) is 3.48. The van der Waals surface area contributed by atoms with Gasteiger partial charge in [-0.05, 0) is 38.8 Å². The first-order valence-corrected chi connectivity index (χ1v) is 9.18. The number of thiazole rings is 1. The molecule has 3 aromatic rings. The van der Waals surface area contributed by atoms with E-state index in [2.05, 4.69) is 28.1 Å². The van der Waals surface area contributed by atoms with Crippen LogP contribution in [0, 0.1) is 13.8 Å². The van der Waals surface area contributed by atoms with Gasteiger partial charge in [0.2, 0.25) is 0 Å². The Morgan fingerprint density at radius 1 is 1.38 bits per heavy atom. The van der Waals surface area contributed by atoms with Gasteiger partial charge in [0.1, 0.15) is 0 Å². The summed E-state index contributed by atoms with van der Waals surface area (Å²) in [6.45, 7) is 6.68. The van der Waals surface area contributed by atoms with Crippen LogP contribution in [0.3, 0.4) is 0 Å². The fraction of sp³-hybridized carbons (Fsp3) is 0.471. The predicted octanol–water partition coefficient (Wildman–Crippen LogP) is 2.23. The lowest BCUT2D eigenvalue weighted by molar-refractivity contribution is 0.217. The molecule has 1 aliphatic rings. The van der Waals surface area contributed by atoms with E-state index in [-0.39, 0.29) is 5.56 Å². The van der Waals surface area contributed by atoms with Crippen molar-refractivity contribution in [1.29, 1.82) is 0 Å². The summed E-state index contributed by atoms with van der Waals surface area (Å²) in [5.74, 6) is 0. The van der Waals surface area contributed by atoms with Crippen molar-refractivity contribution in [1.82, 2.24) is 24.1 Å². The number of hydrogen-bond acceptors (Lipinski definition) is 5. The summed E-state index contributed by atoms with van der Waals surface area (Å²) in [7, 11) is 0. The summed E-state index contributed by atoms with van der Waals surface area (Å²) in [6.07, 6.45) is 6.33. The molecule has 1 aliphatic heterocycles. The van der Waals surface area contributed by atoms with Crippen LogP contribution in [0.25, 0.3) is 4.96 Å². The monoisotopic (exact) mass is 343 g/mol. The molecule has 0 amide bonds. The van der Waals surface area contributed by atoms with Gasteiger partial charge in [-0.1, -0.05) is 0 Å². The third-order valence-electron chi connectivity index (χ3n) is 4.65. The molecule has 0 aromatic carbocycles. The highest BCUT2D eigenvalue weighted by Gasteiger charge is 2.25. The van der Waals surface area contributed by atoms with Crippen molar-refractivity contribution in [3.05, 3.63) is 51.1 Å². The first kappa shape index (κ1) is 15.5. The summed E-state index contributed by atoms with van der Waals surface area (Å²) >= 11 is 1.53. The topological polar surface area (TPSA) is 55.4 Å². The maximum absolute atomic E-state index is 12.3. The number of nitrogens with zero attached hydrogens (tertiary/aromatic N) is 5. The third kappa shape index (κ3) is 2.89. The zero-order valence-electron chi connectivity index (χ0n) is 14.0. The smallest absolute Gasteiger partial charge is 0.259 e. The van der Waals surface area contributed by atoms with Crippen molar-refractivity contribution in [2.45, 2.75) is 45.8 Å². The minimum atomic E-state index is 0.0206. The molecule has 24 heavy (non-hydrogen) atoms. The molecule has 6 nitrogen and oxygen atoms in total. The van der Waals surface area contributed by atoms with Crippen LogP contribution in [-0.2, 0) is 13.1 Å². The van der Waals surface area contributed by atoms with Crippen molar-refractivity contribution in [2.24, 2.45) is 0 Å². The van der Waals surface area contributed by atoms with Gasteiger partial charge in [-0.3, -0.25) is 18.8 Å². The van der Waals surface area contributed by atoms with Gasteiger partial charge < -0.3 is 0 Å². The lowest BCUT2D eigenvalue weighted by Gasteiger charge is -2.24. The van der Waals surface area contributed by atoms with Crippen LogP contribution in [0.1, 0.15) is 29.8 Å². The molecule has 0 unspecified atom stereocenters. The van der Waals surface area contributed by atoms with Crippen molar-refractivity contribution < 1.29 is 0 Å². The number of aromatic nitrogens is 4. The average Bonchev–Trinajstić information content (AvgIpc) is 3.23. The SMILES string of the molecule is Cc1cnn(C[C@@H]2CCCN2Cc2cc(=O)n3c(C)csc3n2)c1. The molecule has 1 atom stereocenters. The molecule has 0 aliphatic carbocycles. The Morgan fingerprint density at radius 3 is 3.04 bits per heavy atom. The van der Waals surface area contributed by atoms with E-state index in [0.717, 1.165) is 42.4 Å². The minimum Gasteiger partial charge on any atom is -0.293 e. The molecule has 0 N–H and O–H groups in total. The molecule has 0 spiro atoms.